The van der Waals surface area contributed by atoms with Crippen LogP contribution in [0, 0.1) is 12.1 Å². The van der Waals surface area contributed by atoms with Gasteiger partial charge < -0.3 is 8.98 Å². The molecule has 0 saturated heterocycles. The summed E-state index contributed by atoms with van der Waals surface area (Å²) in [5.74, 6) is 8.04. The summed E-state index contributed by atoms with van der Waals surface area (Å²) in [6.45, 7) is 9.06. The predicted molar refractivity (Wildman–Crippen MR) is 280 cm³/mol. The van der Waals surface area contributed by atoms with E-state index in [1.165, 1.54) is 22.3 Å². The smallest absolute Gasteiger partial charge is 0 e. The minimum absolute atomic E-state index is 0. The number of para-hydroxylation sites is 1. The van der Waals surface area contributed by atoms with Crippen LogP contribution in [0.2, 0.25) is 17.3 Å². The Balaban J connectivity index is 0.000000200. The van der Waals surface area contributed by atoms with E-state index in [9.17, 15) is 0 Å². The summed E-state index contributed by atoms with van der Waals surface area (Å²) in [7, 11) is 0. The zero-order chi connectivity index (χ0) is 48.0. The zero-order valence-electron chi connectivity index (χ0n) is 41.3. The molecule has 0 fully saturated rings. The minimum Gasteiger partial charge on any atom is 0 e. The average molecular weight is 1130 g/mol. The molecule has 1 radical (unpaired) electrons. The van der Waals surface area contributed by atoms with Crippen molar-refractivity contribution in [2.45, 2.75) is 63.2 Å². The van der Waals surface area contributed by atoms with E-state index in [0.717, 1.165) is 76.7 Å². The maximum Gasteiger partial charge on any atom is 0 e. The summed E-state index contributed by atoms with van der Waals surface area (Å²) in [6, 6.07) is 61.4. The van der Waals surface area contributed by atoms with Crippen LogP contribution in [0.1, 0.15) is 64.5 Å². The van der Waals surface area contributed by atoms with E-state index in [4.69, 9.17) is 12.1 Å². The third kappa shape index (κ3) is 9.11. The first-order valence-corrected chi connectivity index (χ1v) is 30.4. The van der Waals surface area contributed by atoms with Gasteiger partial charge in [0.25, 0.3) is 0 Å². The van der Waals surface area contributed by atoms with Crippen LogP contribution in [0.15, 0.2) is 174 Å². The van der Waals surface area contributed by atoms with E-state index in [1.807, 2.05) is 103 Å². The predicted octanol–water partition coefficient (Wildman–Crippen LogP) is 14.9. The van der Waals surface area contributed by atoms with Gasteiger partial charge in [0.1, 0.15) is 5.58 Å². The van der Waals surface area contributed by atoms with Gasteiger partial charge in [0.2, 0.25) is 0 Å². The maximum atomic E-state index is 8.85. The largest absolute Gasteiger partial charge is 0 e. The Bertz CT molecular complexity index is 3610. The molecule has 11 rings (SSSR count). The maximum absolute atomic E-state index is 8.85. The Morgan fingerprint density at radius 1 is 0.662 bits per heavy atom. The number of rotatable bonds is 9. The fourth-order valence-corrected chi connectivity index (χ4v) is 11.9. The van der Waals surface area contributed by atoms with Crippen LogP contribution in [-0.4, -0.2) is 38.0 Å². The van der Waals surface area contributed by atoms with Crippen molar-refractivity contribution in [3.63, 3.8) is 0 Å². The molecule has 0 atom stereocenters. The SMILES string of the molecule is CC(C)c1cc(-c2ccccc2)cc(C(C)C)c1-n1c(-c2[c-]ccc3c2oc2ccccc23)nc2nnc3ccccc3c21.[2H]C([2H])(c1ccccc1)c1cc(-c2[c-]cccc2)nc[c]1[Ge]([CH3])([CH3])[CH3].[Ir]. The Morgan fingerprint density at radius 2 is 1.32 bits per heavy atom. The molecule has 68 heavy (non-hydrogen) atoms. The first kappa shape index (κ1) is 44.0. The first-order chi connectivity index (χ1) is 33.3. The fraction of sp³-hybridized carbons (Fsp3) is 0.167. The van der Waals surface area contributed by atoms with Crippen LogP contribution >= 0.6 is 0 Å². The number of furan rings is 1. The number of pyridine rings is 1. The second-order valence-electron chi connectivity index (χ2n) is 18.7. The molecular formula is C60H53GeIrN5O-2. The Morgan fingerprint density at radius 3 is 2.01 bits per heavy atom. The number of aromatic nitrogens is 5. The second kappa shape index (κ2) is 19.6. The van der Waals surface area contributed by atoms with Gasteiger partial charge in [0.05, 0.1) is 22.4 Å². The van der Waals surface area contributed by atoms with Crippen molar-refractivity contribution < 1.29 is 27.3 Å². The van der Waals surface area contributed by atoms with Crippen LogP contribution in [0.5, 0.6) is 0 Å². The minimum atomic E-state index is -2.30. The van der Waals surface area contributed by atoms with Gasteiger partial charge in [-0.1, -0.05) is 105 Å². The summed E-state index contributed by atoms with van der Waals surface area (Å²) in [5, 5.41) is 12.3. The summed E-state index contributed by atoms with van der Waals surface area (Å²) in [4.78, 5) is 9.84. The van der Waals surface area contributed by atoms with Gasteiger partial charge in [-0.15, -0.1) is 28.4 Å². The van der Waals surface area contributed by atoms with Crippen LogP contribution in [-0.2, 0) is 26.5 Å². The summed E-state index contributed by atoms with van der Waals surface area (Å²) < 4.78 is 27.6. The third-order valence-electron chi connectivity index (χ3n) is 12.3. The molecule has 0 amide bonds. The summed E-state index contributed by atoms with van der Waals surface area (Å²) >= 11 is -2.30. The van der Waals surface area contributed by atoms with Crippen molar-refractivity contribution in [2.24, 2.45) is 0 Å². The molecule has 0 aliphatic heterocycles. The van der Waals surface area contributed by atoms with Gasteiger partial charge in [-0.2, -0.15) is 0 Å². The van der Waals surface area contributed by atoms with Crippen molar-refractivity contribution in [3.8, 4) is 39.5 Å². The van der Waals surface area contributed by atoms with E-state index in [0.29, 0.717) is 11.2 Å². The van der Waals surface area contributed by atoms with Crippen LogP contribution in [0.3, 0.4) is 0 Å². The molecule has 4 heterocycles. The number of fused-ring (bicyclic) bond motifs is 6. The van der Waals surface area contributed by atoms with E-state index < -0.39 is 19.6 Å². The molecule has 4 aromatic heterocycles. The van der Waals surface area contributed by atoms with Gasteiger partial charge in [-0.3, -0.25) is 4.98 Å². The van der Waals surface area contributed by atoms with Gasteiger partial charge >= 0.3 is 144 Å². The monoisotopic (exact) mass is 1130 g/mol. The van der Waals surface area contributed by atoms with E-state index in [-0.39, 0.29) is 31.9 Å². The van der Waals surface area contributed by atoms with Gasteiger partial charge in [0.15, 0.2) is 5.65 Å². The number of benzene rings is 7. The molecule has 0 spiro atoms. The van der Waals surface area contributed by atoms with Crippen LogP contribution in [0.25, 0.3) is 83.5 Å². The van der Waals surface area contributed by atoms with Crippen molar-refractivity contribution in [1.29, 1.82) is 0 Å². The Labute approximate surface area is 418 Å². The van der Waals surface area contributed by atoms with E-state index in [2.05, 4.69) is 144 Å². The summed E-state index contributed by atoms with van der Waals surface area (Å²) in [5.41, 5.74) is 13.9. The normalized spacial score (nSPS) is 12.3. The molecule has 0 saturated carbocycles. The molecule has 0 unspecified atom stereocenters. The molecule has 8 heteroatoms. The molecule has 0 aliphatic rings. The Hall–Kier alpha value is -6.51. The average Bonchev–Trinajstić information content (AvgIpc) is 3.96. The third-order valence-corrected chi connectivity index (χ3v) is 16.6. The summed E-state index contributed by atoms with van der Waals surface area (Å²) in [6.07, 6.45) is 0.341. The van der Waals surface area contributed by atoms with Crippen molar-refractivity contribution in [3.05, 3.63) is 204 Å². The molecule has 7 aromatic carbocycles. The fourth-order valence-electron chi connectivity index (χ4n) is 8.97. The topological polar surface area (TPSA) is 69.6 Å². The number of hydrogen-bond acceptors (Lipinski definition) is 5. The van der Waals surface area contributed by atoms with Crippen molar-refractivity contribution in [2.75, 3.05) is 0 Å². The van der Waals surface area contributed by atoms with E-state index >= 15 is 0 Å². The van der Waals surface area contributed by atoms with Crippen LogP contribution in [0.4, 0.5) is 0 Å². The molecule has 0 N–H and O–H groups in total. The van der Waals surface area contributed by atoms with Gasteiger partial charge in [0, 0.05) is 36.6 Å². The van der Waals surface area contributed by atoms with Gasteiger partial charge in [-0.05, 0) is 58.4 Å². The Kier molecular flexibility index (Phi) is 12.7. The standard InChI is InChI=1S/C39H31N4O.C21H22GeN.Ir/c1-23(2)31-21-26(25-13-6-5-7-14-25)22-32(24(3)4)35(31)43-36-29-16-8-10-19-33(29)41-42-38(36)40-39(43)30-18-12-17-28-27-15-9-11-20-34(27)44-37(28)30;1-22(2,3)20-16-23-21(18-12-8-5-9-13-18)15-19(20)14-17-10-6-4-7-11-17;/h5-17,19-24H,1-4H3;4-12,15-16H,14H2,1-3H3;/q2*-1;/i;14D2;. The second-order valence-corrected chi connectivity index (χ2v) is 29.2. The van der Waals surface area contributed by atoms with Crippen molar-refractivity contribution in [1.82, 2.24) is 24.7 Å². The first-order valence-electron chi connectivity index (χ1n) is 24.0. The van der Waals surface area contributed by atoms with Crippen molar-refractivity contribution >= 4 is 61.7 Å². The molecule has 6 nitrogen and oxygen atoms in total. The number of hydrogen-bond donors (Lipinski definition) is 0. The molecule has 339 valence electrons. The van der Waals surface area contributed by atoms with Gasteiger partial charge in [-0.25, -0.2) is 0 Å². The number of imidazole rings is 1. The van der Waals surface area contributed by atoms with E-state index in [1.54, 1.807) is 0 Å². The molecular weight excluding hydrogens is 1070 g/mol. The molecule has 0 aliphatic carbocycles. The zero-order valence-corrected chi connectivity index (χ0v) is 43.8. The molecule has 11 aromatic rings. The molecule has 0 bridgehead atoms. The number of nitrogens with zero attached hydrogens (tertiary/aromatic N) is 5. The van der Waals surface area contributed by atoms with Crippen LogP contribution < -0.4 is 4.40 Å². The quantitative estimate of drug-likeness (QED) is 0.106.